The summed E-state index contributed by atoms with van der Waals surface area (Å²) in [5, 5.41) is 2.34. The number of para-hydroxylation sites is 4. The quantitative estimate of drug-likeness (QED) is 0.384. The molecule has 148 valence electrons. The van der Waals surface area contributed by atoms with Gasteiger partial charge in [-0.3, -0.25) is 0 Å². The number of rotatable bonds is 4. The molecule has 3 aromatic heterocycles. The molecule has 4 nitrogen and oxygen atoms in total. The Morgan fingerprint density at radius 3 is 2.00 bits per heavy atom. The van der Waals surface area contributed by atoms with Crippen LogP contribution in [-0.2, 0) is 13.1 Å². The Labute approximate surface area is 180 Å². The summed E-state index contributed by atoms with van der Waals surface area (Å²) < 4.78 is 4.54. The normalized spacial score (nSPS) is 11.5. The molecule has 0 radical (unpaired) electrons. The van der Waals surface area contributed by atoms with Crippen molar-refractivity contribution in [1.29, 1.82) is 0 Å². The lowest BCUT2D eigenvalue weighted by Crippen LogP contribution is -2.33. The molecule has 6 rings (SSSR count). The van der Waals surface area contributed by atoms with Crippen molar-refractivity contribution in [2.24, 2.45) is 0 Å². The van der Waals surface area contributed by atoms with Gasteiger partial charge in [-0.2, -0.15) is 0 Å². The van der Waals surface area contributed by atoms with Crippen LogP contribution in [0.3, 0.4) is 0 Å². The predicted molar refractivity (Wildman–Crippen MR) is 124 cm³/mol. The molecule has 0 bridgehead atoms. The van der Waals surface area contributed by atoms with Crippen molar-refractivity contribution in [2.75, 3.05) is 0 Å². The summed E-state index contributed by atoms with van der Waals surface area (Å²) in [4.78, 5) is 9.72. The van der Waals surface area contributed by atoms with Crippen molar-refractivity contribution in [1.82, 2.24) is 14.5 Å². The second-order valence-corrected chi connectivity index (χ2v) is 7.85. The van der Waals surface area contributed by atoms with Gasteiger partial charge in [-0.05, 0) is 36.4 Å². The summed E-state index contributed by atoms with van der Waals surface area (Å²) in [5.74, 6) is 0. The molecule has 4 heteroatoms. The largest absolute Gasteiger partial charge is 0.249 e. The molecule has 0 spiro atoms. The molecule has 0 saturated carbocycles. The predicted octanol–water partition coefficient (Wildman–Crippen LogP) is 5.12. The third-order valence-electron chi connectivity index (χ3n) is 5.76. The number of aromatic nitrogens is 4. The summed E-state index contributed by atoms with van der Waals surface area (Å²) in [6, 6.07) is 33.5. The van der Waals surface area contributed by atoms with E-state index in [-0.39, 0.29) is 0 Å². The molecule has 0 saturated heterocycles. The third kappa shape index (κ3) is 3.32. The van der Waals surface area contributed by atoms with Gasteiger partial charge in [-0.1, -0.05) is 60.7 Å². The molecular formula is C27H21N4+. The second kappa shape index (κ2) is 7.33. The molecule has 0 amide bonds. The van der Waals surface area contributed by atoms with Gasteiger partial charge in [0.15, 0.2) is 11.0 Å². The van der Waals surface area contributed by atoms with Gasteiger partial charge >= 0.3 is 0 Å². The first kappa shape index (κ1) is 17.8. The van der Waals surface area contributed by atoms with E-state index in [4.69, 9.17) is 9.97 Å². The van der Waals surface area contributed by atoms with E-state index in [0.717, 1.165) is 35.5 Å². The highest BCUT2D eigenvalue weighted by atomic mass is 15.1. The molecule has 0 aliphatic carbocycles. The first-order valence-corrected chi connectivity index (χ1v) is 10.5. The number of fused-ring (bicyclic) bond motifs is 3. The molecule has 0 aliphatic heterocycles. The maximum Gasteiger partial charge on any atom is 0.245 e. The van der Waals surface area contributed by atoms with Crippen molar-refractivity contribution >= 4 is 32.8 Å². The molecule has 6 aromatic rings. The van der Waals surface area contributed by atoms with Crippen molar-refractivity contribution in [2.45, 2.75) is 13.1 Å². The zero-order valence-electron chi connectivity index (χ0n) is 17.0. The Morgan fingerprint density at radius 1 is 0.613 bits per heavy atom. The molecule has 0 fully saturated rings. The van der Waals surface area contributed by atoms with E-state index in [0.29, 0.717) is 0 Å². The number of hydrogen-bond acceptors (Lipinski definition) is 2. The number of benzene rings is 3. The summed E-state index contributed by atoms with van der Waals surface area (Å²) in [5.41, 5.74) is 6.55. The van der Waals surface area contributed by atoms with Crippen LogP contribution in [0, 0.1) is 0 Å². The SMILES string of the molecule is c1ccc2nc(Cn3c[n+](Cc4ccc5ccccc5n4)c4ccccc43)ccc2c1. The first-order chi connectivity index (χ1) is 15.3. The van der Waals surface area contributed by atoms with Crippen molar-refractivity contribution in [3.8, 4) is 0 Å². The standard InChI is InChI=1S/C27H21N4/c1-3-9-24-20(7-1)13-15-22(28-24)17-30-19-31(27-12-6-5-11-26(27)30)18-23-16-14-21-8-2-4-10-25(21)29-23/h1-16,19H,17-18H2/q+1. The molecule has 3 heterocycles. The maximum absolute atomic E-state index is 4.86. The average Bonchev–Trinajstić information content (AvgIpc) is 3.16. The van der Waals surface area contributed by atoms with Crippen LogP contribution >= 0.6 is 0 Å². The lowest BCUT2D eigenvalue weighted by Gasteiger charge is -2.02. The minimum atomic E-state index is 0.726. The summed E-state index contributed by atoms with van der Waals surface area (Å²) >= 11 is 0. The minimum Gasteiger partial charge on any atom is -0.249 e. The van der Waals surface area contributed by atoms with Crippen LogP contribution < -0.4 is 4.57 Å². The molecule has 31 heavy (non-hydrogen) atoms. The lowest BCUT2D eigenvalue weighted by atomic mass is 10.2. The highest BCUT2D eigenvalue weighted by Gasteiger charge is 2.17. The van der Waals surface area contributed by atoms with Crippen LogP contribution in [0.4, 0.5) is 0 Å². The smallest absolute Gasteiger partial charge is 0.245 e. The van der Waals surface area contributed by atoms with Gasteiger partial charge in [0.05, 0.1) is 22.4 Å². The fourth-order valence-electron chi connectivity index (χ4n) is 4.24. The lowest BCUT2D eigenvalue weighted by molar-refractivity contribution is -0.663. The Bertz CT molecular complexity index is 1430. The molecule has 0 unspecified atom stereocenters. The second-order valence-electron chi connectivity index (χ2n) is 7.85. The molecule has 0 aliphatic rings. The van der Waals surface area contributed by atoms with Gasteiger partial charge in [-0.15, -0.1) is 0 Å². The molecule has 3 aromatic carbocycles. The monoisotopic (exact) mass is 401 g/mol. The van der Waals surface area contributed by atoms with E-state index in [1.807, 2.05) is 24.3 Å². The van der Waals surface area contributed by atoms with E-state index < -0.39 is 0 Å². The van der Waals surface area contributed by atoms with Gasteiger partial charge in [0.25, 0.3) is 0 Å². The van der Waals surface area contributed by atoms with Crippen molar-refractivity contribution < 1.29 is 4.57 Å². The Balaban J connectivity index is 1.38. The fourth-order valence-corrected chi connectivity index (χ4v) is 4.24. The van der Waals surface area contributed by atoms with E-state index in [1.165, 1.54) is 21.8 Å². The Morgan fingerprint density at radius 2 is 1.23 bits per heavy atom. The van der Waals surface area contributed by atoms with E-state index in [1.54, 1.807) is 0 Å². The Hall–Kier alpha value is -4.05. The van der Waals surface area contributed by atoms with Gasteiger partial charge in [0, 0.05) is 10.8 Å². The average molecular weight is 401 g/mol. The zero-order valence-corrected chi connectivity index (χ0v) is 17.0. The topological polar surface area (TPSA) is 34.6 Å². The number of nitrogens with zero attached hydrogens (tertiary/aromatic N) is 4. The van der Waals surface area contributed by atoms with E-state index in [2.05, 4.69) is 88.3 Å². The number of hydrogen-bond donors (Lipinski definition) is 0. The number of imidazole rings is 1. The summed E-state index contributed by atoms with van der Waals surface area (Å²) in [6.07, 6.45) is 2.18. The van der Waals surface area contributed by atoms with Crippen LogP contribution in [0.25, 0.3) is 32.8 Å². The van der Waals surface area contributed by atoms with Crippen LogP contribution in [0.5, 0.6) is 0 Å². The highest BCUT2D eigenvalue weighted by Crippen LogP contribution is 2.17. The maximum atomic E-state index is 4.86. The molecule has 0 N–H and O–H groups in total. The van der Waals surface area contributed by atoms with Gasteiger partial charge < -0.3 is 0 Å². The van der Waals surface area contributed by atoms with Gasteiger partial charge in [0.1, 0.15) is 13.1 Å². The van der Waals surface area contributed by atoms with Crippen LogP contribution in [0.2, 0.25) is 0 Å². The van der Waals surface area contributed by atoms with E-state index >= 15 is 0 Å². The zero-order chi connectivity index (χ0) is 20.6. The van der Waals surface area contributed by atoms with Crippen molar-refractivity contribution in [3.63, 3.8) is 0 Å². The minimum absolute atomic E-state index is 0.726. The third-order valence-corrected chi connectivity index (χ3v) is 5.76. The highest BCUT2D eigenvalue weighted by molar-refractivity contribution is 5.79. The van der Waals surface area contributed by atoms with Crippen LogP contribution in [-0.4, -0.2) is 14.5 Å². The Kier molecular flexibility index (Phi) is 4.20. The van der Waals surface area contributed by atoms with Crippen LogP contribution in [0.15, 0.2) is 103 Å². The molecular weight excluding hydrogens is 380 g/mol. The first-order valence-electron chi connectivity index (χ1n) is 10.5. The van der Waals surface area contributed by atoms with Crippen molar-refractivity contribution in [3.05, 3.63) is 115 Å². The van der Waals surface area contributed by atoms with E-state index in [9.17, 15) is 0 Å². The summed E-state index contributed by atoms with van der Waals surface area (Å²) in [6.45, 7) is 1.45. The number of pyridine rings is 2. The molecule has 0 atom stereocenters. The van der Waals surface area contributed by atoms with Gasteiger partial charge in [0.2, 0.25) is 6.33 Å². The summed E-state index contributed by atoms with van der Waals surface area (Å²) in [7, 11) is 0. The van der Waals surface area contributed by atoms with Gasteiger partial charge in [-0.25, -0.2) is 19.1 Å². The van der Waals surface area contributed by atoms with Crippen LogP contribution in [0.1, 0.15) is 11.4 Å². The fraction of sp³-hybridized carbons (Fsp3) is 0.0741.